The summed E-state index contributed by atoms with van der Waals surface area (Å²) in [5.41, 5.74) is 5.58. The van der Waals surface area contributed by atoms with Crippen LogP contribution in [0.2, 0.25) is 0 Å². The summed E-state index contributed by atoms with van der Waals surface area (Å²) in [6, 6.07) is 29.1. The number of aromatic nitrogens is 2. The zero-order chi connectivity index (χ0) is 26.0. The third-order valence-corrected chi connectivity index (χ3v) is 6.59. The average Bonchev–Trinajstić information content (AvgIpc) is 3.23. The second-order valence-corrected chi connectivity index (χ2v) is 10.7. The van der Waals surface area contributed by atoms with Crippen molar-refractivity contribution in [3.63, 3.8) is 0 Å². The van der Waals surface area contributed by atoms with Crippen LogP contribution in [0.1, 0.15) is 62.3 Å². The van der Waals surface area contributed by atoms with Crippen LogP contribution < -0.4 is 0 Å². The van der Waals surface area contributed by atoms with Gasteiger partial charge >= 0.3 is 5.97 Å². The van der Waals surface area contributed by atoms with Gasteiger partial charge in [-0.15, -0.1) is 0 Å². The highest BCUT2D eigenvalue weighted by molar-refractivity contribution is 6.03. The van der Waals surface area contributed by atoms with Crippen molar-refractivity contribution in [2.24, 2.45) is 0 Å². The number of unbranched alkanes of at least 4 members (excludes halogenated alkanes) is 1. The summed E-state index contributed by atoms with van der Waals surface area (Å²) >= 11 is 0. The molecule has 4 heteroatoms. The van der Waals surface area contributed by atoms with E-state index in [9.17, 15) is 4.79 Å². The number of carbonyl (C=O) groups is 1. The average molecular weight is 491 g/mol. The first-order valence-corrected chi connectivity index (χ1v) is 13.1. The molecule has 1 aromatic heterocycles. The summed E-state index contributed by atoms with van der Waals surface area (Å²) in [6.45, 7) is 8.67. The number of fused-ring (bicyclic) bond motifs is 2. The topological polar surface area (TPSA) is 44.1 Å². The third-order valence-electron chi connectivity index (χ3n) is 6.59. The van der Waals surface area contributed by atoms with Gasteiger partial charge in [0.1, 0.15) is 11.4 Å². The van der Waals surface area contributed by atoms with Crippen molar-refractivity contribution in [1.82, 2.24) is 9.55 Å². The summed E-state index contributed by atoms with van der Waals surface area (Å²) in [4.78, 5) is 17.8. The summed E-state index contributed by atoms with van der Waals surface area (Å²) < 4.78 is 8.01. The molecule has 1 heterocycles. The van der Waals surface area contributed by atoms with Crippen molar-refractivity contribution in [1.29, 1.82) is 0 Å². The van der Waals surface area contributed by atoms with E-state index in [1.165, 1.54) is 11.1 Å². The van der Waals surface area contributed by atoms with Gasteiger partial charge in [0.2, 0.25) is 0 Å². The molecular formula is C33H34N2O2. The van der Waals surface area contributed by atoms with Gasteiger partial charge in [-0.05, 0) is 78.9 Å². The first-order valence-electron chi connectivity index (χ1n) is 13.1. The summed E-state index contributed by atoms with van der Waals surface area (Å²) in [6.07, 6.45) is 3.25. The molecule has 0 fully saturated rings. The Hall–Kier alpha value is -3.92. The normalized spacial score (nSPS) is 11.8. The van der Waals surface area contributed by atoms with Crippen molar-refractivity contribution >= 4 is 27.8 Å². The monoisotopic (exact) mass is 490 g/mol. The lowest BCUT2D eigenvalue weighted by atomic mass is 9.95. The van der Waals surface area contributed by atoms with Gasteiger partial charge in [-0.25, -0.2) is 9.78 Å². The van der Waals surface area contributed by atoms with E-state index in [2.05, 4.69) is 60.0 Å². The summed E-state index contributed by atoms with van der Waals surface area (Å²) in [7, 11) is 0. The number of hydrogen-bond donors (Lipinski definition) is 0. The minimum absolute atomic E-state index is 0.303. The Balaban J connectivity index is 1.49. The number of carbonyl (C=O) groups excluding carboxylic acids is 1. The number of benzene rings is 4. The number of imidazole rings is 1. The molecule has 0 amide bonds. The number of hydrogen-bond acceptors (Lipinski definition) is 3. The number of para-hydroxylation sites is 2. The van der Waals surface area contributed by atoms with Crippen LogP contribution >= 0.6 is 0 Å². The van der Waals surface area contributed by atoms with Crippen LogP contribution in [0.25, 0.3) is 32.9 Å². The highest BCUT2D eigenvalue weighted by atomic mass is 16.6. The zero-order valence-electron chi connectivity index (χ0n) is 22.1. The molecule has 4 nitrogen and oxygen atoms in total. The largest absolute Gasteiger partial charge is 0.456 e. The lowest BCUT2D eigenvalue weighted by molar-refractivity contribution is 0.00697. The predicted octanol–water partition coefficient (Wildman–Crippen LogP) is 8.20. The molecule has 0 aliphatic heterocycles. The molecule has 4 aromatic carbocycles. The summed E-state index contributed by atoms with van der Waals surface area (Å²) in [5.74, 6) is 0.839. The molecule has 0 aliphatic rings. The first kappa shape index (κ1) is 24.8. The predicted molar refractivity (Wildman–Crippen MR) is 152 cm³/mol. The molecular weight excluding hydrogens is 456 g/mol. The summed E-state index contributed by atoms with van der Waals surface area (Å²) in [5, 5.41) is 2.14. The second kappa shape index (κ2) is 10.2. The maximum atomic E-state index is 12.9. The second-order valence-electron chi connectivity index (χ2n) is 10.7. The Bertz CT molecular complexity index is 1560. The van der Waals surface area contributed by atoms with Crippen LogP contribution in [0.3, 0.4) is 0 Å². The van der Waals surface area contributed by atoms with E-state index in [0.717, 1.165) is 59.0 Å². The van der Waals surface area contributed by atoms with E-state index in [4.69, 9.17) is 9.72 Å². The SMILES string of the molecule is CCCCc1nc2ccccc2n1Cc1ccc(-c2cc(C(=O)OC(C)(C)C)cc3ccccc23)cc1. The zero-order valence-corrected chi connectivity index (χ0v) is 22.1. The van der Waals surface area contributed by atoms with Gasteiger partial charge in [0.05, 0.1) is 16.6 Å². The first-order chi connectivity index (χ1) is 17.8. The van der Waals surface area contributed by atoms with Crippen molar-refractivity contribution in [3.05, 3.63) is 102 Å². The fourth-order valence-corrected chi connectivity index (χ4v) is 4.80. The van der Waals surface area contributed by atoms with Gasteiger partial charge in [0.15, 0.2) is 0 Å². The van der Waals surface area contributed by atoms with E-state index in [1.54, 1.807) is 0 Å². The van der Waals surface area contributed by atoms with Crippen molar-refractivity contribution in [3.8, 4) is 11.1 Å². The molecule has 188 valence electrons. The molecule has 0 unspecified atom stereocenters. The van der Waals surface area contributed by atoms with E-state index in [-0.39, 0.29) is 5.97 Å². The molecule has 5 rings (SSSR count). The molecule has 0 atom stereocenters. The minimum atomic E-state index is -0.544. The standard InChI is InChI=1S/C33H34N2O2/c1-5-6-15-31-34-29-13-9-10-14-30(29)35(31)22-23-16-18-24(19-17-23)28-21-26(32(36)37-33(2,3)4)20-25-11-7-8-12-27(25)28/h7-14,16-21H,5-6,15,22H2,1-4H3. The van der Waals surface area contributed by atoms with Gasteiger partial charge in [0, 0.05) is 13.0 Å². The van der Waals surface area contributed by atoms with Crippen LogP contribution in [0.15, 0.2) is 84.9 Å². The smallest absolute Gasteiger partial charge is 0.338 e. The number of esters is 1. The number of rotatable bonds is 7. The van der Waals surface area contributed by atoms with Gasteiger partial charge in [-0.3, -0.25) is 0 Å². The third kappa shape index (κ3) is 5.43. The Kier molecular flexibility index (Phi) is 6.84. The molecule has 37 heavy (non-hydrogen) atoms. The molecule has 0 aliphatic carbocycles. The van der Waals surface area contributed by atoms with Crippen LogP contribution in [-0.2, 0) is 17.7 Å². The van der Waals surface area contributed by atoms with Crippen LogP contribution in [0.5, 0.6) is 0 Å². The Morgan fingerprint density at radius 3 is 2.41 bits per heavy atom. The fraction of sp³-hybridized carbons (Fsp3) is 0.273. The van der Waals surface area contributed by atoms with E-state index < -0.39 is 5.60 Å². The molecule has 0 spiro atoms. The maximum absolute atomic E-state index is 12.9. The maximum Gasteiger partial charge on any atom is 0.338 e. The molecule has 0 radical (unpaired) electrons. The van der Waals surface area contributed by atoms with Crippen molar-refractivity contribution in [2.45, 2.75) is 59.1 Å². The molecule has 0 N–H and O–H groups in total. The molecule has 0 bridgehead atoms. The van der Waals surface area contributed by atoms with E-state index in [0.29, 0.717) is 5.56 Å². The van der Waals surface area contributed by atoms with Crippen LogP contribution in [0.4, 0.5) is 0 Å². The highest BCUT2D eigenvalue weighted by Crippen LogP contribution is 2.31. The molecule has 5 aromatic rings. The quantitative estimate of drug-likeness (QED) is 0.216. The van der Waals surface area contributed by atoms with Crippen LogP contribution in [-0.4, -0.2) is 21.1 Å². The van der Waals surface area contributed by atoms with Gasteiger partial charge in [0.25, 0.3) is 0 Å². The lowest BCUT2D eigenvalue weighted by Crippen LogP contribution is -2.23. The van der Waals surface area contributed by atoms with Gasteiger partial charge < -0.3 is 9.30 Å². The Labute approximate surface area is 218 Å². The fourth-order valence-electron chi connectivity index (χ4n) is 4.80. The Morgan fingerprint density at radius 1 is 0.919 bits per heavy atom. The Morgan fingerprint density at radius 2 is 1.65 bits per heavy atom. The van der Waals surface area contributed by atoms with Crippen LogP contribution in [0, 0.1) is 0 Å². The lowest BCUT2D eigenvalue weighted by Gasteiger charge is -2.20. The van der Waals surface area contributed by atoms with Crippen molar-refractivity contribution in [2.75, 3.05) is 0 Å². The molecule has 0 saturated heterocycles. The van der Waals surface area contributed by atoms with E-state index in [1.807, 2.05) is 57.2 Å². The molecule has 0 saturated carbocycles. The minimum Gasteiger partial charge on any atom is -0.456 e. The van der Waals surface area contributed by atoms with E-state index >= 15 is 0 Å². The number of aryl methyl sites for hydroxylation is 1. The highest BCUT2D eigenvalue weighted by Gasteiger charge is 2.19. The van der Waals surface area contributed by atoms with Crippen molar-refractivity contribution < 1.29 is 9.53 Å². The number of ether oxygens (including phenoxy) is 1. The number of nitrogens with zero attached hydrogens (tertiary/aromatic N) is 2. The van der Waals surface area contributed by atoms with Gasteiger partial charge in [-0.2, -0.15) is 0 Å². The van der Waals surface area contributed by atoms with Gasteiger partial charge in [-0.1, -0.05) is 74.0 Å².